The van der Waals surface area contributed by atoms with Crippen LogP contribution in [-0.4, -0.2) is 46.7 Å². The number of fused-ring (bicyclic) bond motifs is 2. The Bertz CT molecular complexity index is 925. The second-order valence-electron chi connectivity index (χ2n) is 9.09. The first kappa shape index (κ1) is 22.9. The van der Waals surface area contributed by atoms with E-state index in [0.717, 1.165) is 43.3 Å². The van der Waals surface area contributed by atoms with E-state index in [9.17, 15) is 4.79 Å². The minimum absolute atomic E-state index is 0.119. The summed E-state index contributed by atoms with van der Waals surface area (Å²) >= 11 is 7.87. The van der Waals surface area contributed by atoms with Gasteiger partial charge in [-0.05, 0) is 76.5 Å². The van der Waals surface area contributed by atoms with Crippen molar-refractivity contribution in [2.45, 2.75) is 82.2 Å². The normalized spacial score (nSPS) is 21.8. The van der Waals surface area contributed by atoms with Crippen LogP contribution in [0.3, 0.4) is 0 Å². The van der Waals surface area contributed by atoms with Gasteiger partial charge in [0.2, 0.25) is 5.91 Å². The first-order valence-electron chi connectivity index (χ1n) is 11.8. The molecule has 1 aromatic heterocycles. The van der Waals surface area contributed by atoms with E-state index in [1.165, 1.54) is 48.3 Å². The number of rotatable bonds is 7. The van der Waals surface area contributed by atoms with Gasteiger partial charge in [0.25, 0.3) is 0 Å². The van der Waals surface area contributed by atoms with Gasteiger partial charge in [0.15, 0.2) is 0 Å². The van der Waals surface area contributed by atoms with E-state index >= 15 is 0 Å². The van der Waals surface area contributed by atoms with Gasteiger partial charge in [0.05, 0.1) is 11.3 Å². The average molecular weight is 460 g/mol. The van der Waals surface area contributed by atoms with E-state index in [1.54, 1.807) is 11.8 Å². The maximum absolute atomic E-state index is 12.6. The summed E-state index contributed by atoms with van der Waals surface area (Å²) in [4.78, 5) is 21.3. The van der Waals surface area contributed by atoms with Gasteiger partial charge >= 0.3 is 0 Å². The van der Waals surface area contributed by atoms with Crippen molar-refractivity contribution < 1.29 is 4.79 Å². The van der Waals surface area contributed by atoms with Gasteiger partial charge in [-0.2, -0.15) is 0 Å². The molecule has 4 nitrogen and oxygen atoms in total. The topological polar surface area (TPSA) is 45.2 Å². The number of thioether (sulfide) groups is 1. The quantitative estimate of drug-likeness (QED) is 0.430. The first-order chi connectivity index (χ1) is 15.0. The molecule has 0 bridgehead atoms. The van der Waals surface area contributed by atoms with Crippen LogP contribution in [0.2, 0.25) is 5.02 Å². The number of nitrogens with zero attached hydrogens (tertiary/aromatic N) is 2. The highest BCUT2D eigenvalue weighted by Crippen LogP contribution is 2.36. The lowest BCUT2D eigenvalue weighted by Gasteiger charge is -2.39. The molecular weight excluding hydrogens is 426 g/mol. The molecule has 2 unspecified atom stereocenters. The maximum Gasteiger partial charge on any atom is 0.230 e. The summed E-state index contributed by atoms with van der Waals surface area (Å²) < 4.78 is 0. The molecule has 1 fully saturated rings. The Labute approximate surface area is 195 Å². The van der Waals surface area contributed by atoms with Crippen molar-refractivity contribution in [1.82, 2.24) is 15.2 Å². The highest BCUT2D eigenvalue weighted by molar-refractivity contribution is 8.00. The minimum atomic E-state index is 0.119. The Morgan fingerprint density at radius 1 is 1.19 bits per heavy atom. The number of pyridine rings is 1. The Morgan fingerprint density at radius 3 is 2.77 bits per heavy atom. The molecule has 0 saturated carbocycles. The van der Waals surface area contributed by atoms with E-state index < -0.39 is 0 Å². The van der Waals surface area contributed by atoms with Gasteiger partial charge in [0.1, 0.15) is 0 Å². The molecule has 6 heteroatoms. The van der Waals surface area contributed by atoms with Crippen molar-refractivity contribution in [3.05, 3.63) is 34.5 Å². The fraction of sp³-hybridized carbons (Fsp3) is 0.600. The summed E-state index contributed by atoms with van der Waals surface area (Å²) in [5.74, 6) is 0.568. The van der Waals surface area contributed by atoms with Crippen molar-refractivity contribution in [3.63, 3.8) is 0 Å². The van der Waals surface area contributed by atoms with Crippen molar-refractivity contribution in [2.75, 3.05) is 18.8 Å². The zero-order valence-electron chi connectivity index (χ0n) is 18.8. The summed E-state index contributed by atoms with van der Waals surface area (Å²) in [7, 11) is 0. The highest BCUT2D eigenvalue weighted by atomic mass is 35.5. The summed E-state index contributed by atoms with van der Waals surface area (Å²) in [5.41, 5.74) is 3.47. The minimum Gasteiger partial charge on any atom is -0.355 e. The van der Waals surface area contributed by atoms with Crippen LogP contribution in [0.5, 0.6) is 0 Å². The van der Waals surface area contributed by atoms with Gasteiger partial charge in [0, 0.05) is 46.2 Å². The number of amides is 1. The fourth-order valence-corrected chi connectivity index (χ4v) is 6.38. The fourth-order valence-electron chi connectivity index (χ4n) is 5.11. The average Bonchev–Trinajstić information content (AvgIpc) is 2.75. The molecule has 0 spiro atoms. The third-order valence-electron chi connectivity index (χ3n) is 6.81. The van der Waals surface area contributed by atoms with Crippen LogP contribution >= 0.6 is 23.4 Å². The van der Waals surface area contributed by atoms with Crippen LogP contribution in [0, 0.1) is 0 Å². The largest absolute Gasteiger partial charge is 0.355 e. The number of halogens is 1. The number of piperidine rings is 1. The predicted molar refractivity (Wildman–Crippen MR) is 131 cm³/mol. The number of carbonyl (C=O) groups is 1. The Kier molecular flexibility index (Phi) is 7.78. The Morgan fingerprint density at radius 2 is 1.97 bits per heavy atom. The molecule has 2 aromatic rings. The van der Waals surface area contributed by atoms with Crippen LogP contribution in [-0.2, 0) is 17.6 Å². The van der Waals surface area contributed by atoms with Gasteiger partial charge in [-0.25, -0.2) is 0 Å². The van der Waals surface area contributed by atoms with Crippen LogP contribution in [0.4, 0.5) is 0 Å². The molecular formula is C25H34ClN3OS. The predicted octanol–water partition coefficient (Wildman–Crippen LogP) is 5.63. The lowest BCUT2D eigenvalue weighted by Crippen LogP contribution is -2.44. The van der Waals surface area contributed by atoms with E-state index in [2.05, 4.69) is 30.1 Å². The molecule has 31 heavy (non-hydrogen) atoms. The molecule has 1 N–H and O–H groups in total. The second kappa shape index (κ2) is 10.5. The van der Waals surface area contributed by atoms with Crippen LogP contribution < -0.4 is 5.32 Å². The van der Waals surface area contributed by atoms with Crippen LogP contribution in [0.1, 0.15) is 63.6 Å². The van der Waals surface area contributed by atoms with E-state index in [1.807, 2.05) is 12.1 Å². The second-order valence-corrected chi connectivity index (χ2v) is 10.5. The Balaban J connectivity index is 1.34. The van der Waals surface area contributed by atoms with Crippen LogP contribution in [0.15, 0.2) is 23.1 Å². The maximum atomic E-state index is 12.6. The number of hydrogen-bond donors (Lipinski definition) is 1. The molecule has 1 aromatic carbocycles. The summed E-state index contributed by atoms with van der Waals surface area (Å²) in [6.07, 6.45) is 9.39. The number of aromatic nitrogens is 1. The lowest BCUT2D eigenvalue weighted by atomic mass is 9.94. The number of nitrogens with one attached hydrogen (secondary N) is 1. The third kappa shape index (κ3) is 5.55. The van der Waals surface area contributed by atoms with E-state index in [-0.39, 0.29) is 5.91 Å². The number of hydrogen-bond acceptors (Lipinski definition) is 4. The third-order valence-corrected chi connectivity index (χ3v) is 8.21. The monoisotopic (exact) mass is 459 g/mol. The molecule has 1 amide bonds. The summed E-state index contributed by atoms with van der Waals surface area (Å²) in [6.45, 7) is 6.48. The summed E-state index contributed by atoms with van der Waals surface area (Å²) in [5, 5.41) is 4.97. The molecule has 1 saturated heterocycles. The van der Waals surface area contributed by atoms with Crippen molar-refractivity contribution in [1.29, 1.82) is 0 Å². The van der Waals surface area contributed by atoms with Crippen molar-refractivity contribution in [2.24, 2.45) is 0 Å². The van der Waals surface area contributed by atoms with E-state index in [0.29, 0.717) is 22.9 Å². The standard InChI is InChI=1S/C25H34ClN3OS/c1-17-7-5-8-18(2)29(17)14-6-13-27-24(30)16-31-25-20-9-3-4-10-22(20)28-23-15-19(26)11-12-21(23)25/h11-12,15,17-18H,3-10,13-14,16H2,1-2H3,(H,27,30). The number of aryl methyl sites for hydroxylation is 1. The van der Waals surface area contributed by atoms with Crippen molar-refractivity contribution >= 4 is 40.2 Å². The lowest BCUT2D eigenvalue weighted by molar-refractivity contribution is -0.118. The van der Waals surface area contributed by atoms with Gasteiger partial charge in [-0.15, -0.1) is 11.8 Å². The molecule has 4 rings (SSSR count). The van der Waals surface area contributed by atoms with Gasteiger partial charge < -0.3 is 5.32 Å². The molecule has 0 radical (unpaired) electrons. The zero-order chi connectivity index (χ0) is 21.8. The number of likely N-dealkylation sites (tertiary alicyclic amines) is 1. The molecule has 1 aliphatic heterocycles. The van der Waals surface area contributed by atoms with Crippen molar-refractivity contribution in [3.8, 4) is 0 Å². The molecule has 168 valence electrons. The number of carbonyl (C=O) groups excluding carboxylic acids is 1. The van der Waals surface area contributed by atoms with Crippen LogP contribution in [0.25, 0.3) is 10.9 Å². The SMILES string of the molecule is CC1CCCC(C)N1CCCNC(=O)CSc1c2c(nc3cc(Cl)ccc13)CCCC2. The zero-order valence-corrected chi connectivity index (χ0v) is 20.3. The molecule has 2 atom stereocenters. The van der Waals surface area contributed by atoms with Gasteiger partial charge in [-0.3, -0.25) is 14.7 Å². The van der Waals surface area contributed by atoms with E-state index in [4.69, 9.17) is 16.6 Å². The van der Waals surface area contributed by atoms with Gasteiger partial charge in [-0.1, -0.05) is 24.1 Å². The first-order valence-corrected chi connectivity index (χ1v) is 13.2. The summed E-state index contributed by atoms with van der Waals surface area (Å²) in [6, 6.07) is 7.25. The molecule has 2 aliphatic rings. The highest BCUT2D eigenvalue weighted by Gasteiger charge is 2.24. The molecule has 2 heterocycles. The molecule has 1 aliphatic carbocycles. The number of benzene rings is 1. The smallest absolute Gasteiger partial charge is 0.230 e. The Hall–Kier alpha value is -1.30.